The fraction of sp³-hybridized carbons (Fsp3) is 0.417. The molecule has 2 heterocycles. The van der Waals surface area contributed by atoms with Crippen LogP contribution in [0.5, 0.6) is 0 Å². The van der Waals surface area contributed by atoms with Gasteiger partial charge in [-0.3, -0.25) is 9.59 Å². The fourth-order valence-electron chi connectivity index (χ4n) is 4.52. The number of benzene rings is 2. The zero-order chi connectivity index (χ0) is 23.6. The summed E-state index contributed by atoms with van der Waals surface area (Å²) in [7, 11) is -3.76. The first-order valence-corrected chi connectivity index (χ1v) is 12.6. The number of amides is 2. The molecule has 1 fully saturated rings. The van der Waals surface area contributed by atoms with Gasteiger partial charge in [0.2, 0.25) is 21.8 Å². The summed E-state index contributed by atoms with van der Waals surface area (Å²) in [6.07, 6.45) is 2.71. The molecule has 0 bridgehead atoms. The highest BCUT2D eigenvalue weighted by Crippen LogP contribution is 2.31. The predicted molar refractivity (Wildman–Crippen MR) is 123 cm³/mol. The molecule has 0 unspecified atom stereocenters. The van der Waals surface area contributed by atoms with Crippen LogP contribution in [0.4, 0.5) is 10.1 Å². The van der Waals surface area contributed by atoms with Crippen molar-refractivity contribution in [2.45, 2.75) is 44.0 Å². The second-order valence-corrected chi connectivity index (χ2v) is 10.5. The molecule has 2 aliphatic heterocycles. The third-order valence-corrected chi connectivity index (χ3v) is 8.18. The number of fused-ring (bicyclic) bond motifs is 1. The molecule has 1 atom stereocenters. The summed E-state index contributed by atoms with van der Waals surface area (Å²) < 4.78 is 41.1. The highest BCUT2D eigenvalue weighted by atomic mass is 32.2. The average Bonchev–Trinajstić information content (AvgIpc) is 2.82. The van der Waals surface area contributed by atoms with E-state index in [0.717, 1.165) is 29.7 Å². The van der Waals surface area contributed by atoms with Crippen molar-refractivity contribution in [3.05, 3.63) is 59.4 Å². The molecule has 4 rings (SSSR count). The number of hydrogen-bond donors (Lipinski definition) is 1. The van der Waals surface area contributed by atoms with Crippen molar-refractivity contribution in [1.29, 1.82) is 0 Å². The Labute approximate surface area is 193 Å². The molecule has 2 aliphatic rings. The van der Waals surface area contributed by atoms with Crippen LogP contribution in [0.3, 0.4) is 0 Å². The molecule has 7 nitrogen and oxygen atoms in total. The van der Waals surface area contributed by atoms with E-state index in [9.17, 15) is 22.4 Å². The standard InChI is InChI=1S/C24H28FN3O4S/c1-17(29)28-13-3-4-19-14-22(10-11-23(19)28)33(31,32)27-12-2-5-20(16-27)24(30)26-15-18-6-8-21(25)9-7-18/h6-11,14,20H,2-5,12-13,15-16H2,1H3,(H,26,30)/t20-/m0/s1. The highest BCUT2D eigenvalue weighted by molar-refractivity contribution is 7.89. The second-order valence-electron chi connectivity index (χ2n) is 8.61. The largest absolute Gasteiger partial charge is 0.352 e. The van der Waals surface area contributed by atoms with Crippen molar-refractivity contribution in [2.75, 3.05) is 24.5 Å². The highest BCUT2D eigenvalue weighted by Gasteiger charge is 2.34. The monoisotopic (exact) mass is 473 g/mol. The number of aryl methyl sites for hydroxylation is 1. The maximum Gasteiger partial charge on any atom is 0.243 e. The first-order valence-electron chi connectivity index (χ1n) is 11.2. The number of nitrogens with zero attached hydrogens (tertiary/aromatic N) is 2. The fourth-order valence-corrected chi connectivity index (χ4v) is 6.10. The summed E-state index contributed by atoms with van der Waals surface area (Å²) in [4.78, 5) is 26.5. The Kier molecular flexibility index (Phi) is 6.81. The van der Waals surface area contributed by atoms with Gasteiger partial charge in [-0.15, -0.1) is 0 Å². The Morgan fingerprint density at radius 1 is 1.09 bits per heavy atom. The SMILES string of the molecule is CC(=O)N1CCCc2cc(S(=O)(=O)N3CCC[C@H](C(=O)NCc4ccc(F)cc4)C3)ccc21. The molecule has 2 amide bonds. The maximum absolute atomic E-state index is 13.3. The van der Waals surface area contributed by atoms with Gasteiger partial charge in [0.05, 0.1) is 10.8 Å². The number of carbonyl (C=O) groups is 2. The second kappa shape index (κ2) is 9.61. The van der Waals surface area contributed by atoms with Gasteiger partial charge in [0.25, 0.3) is 0 Å². The lowest BCUT2D eigenvalue weighted by Crippen LogP contribution is -2.45. The predicted octanol–water partition coefficient (Wildman–Crippen LogP) is 2.84. The number of carbonyl (C=O) groups excluding carboxylic acids is 2. The molecule has 1 saturated heterocycles. The van der Waals surface area contributed by atoms with Crippen LogP contribution in [0.15, 0.2) is 47.4 Å². The Morgan fingerprint density at radius 3 is 2.58 bits per heavy atom. The van der Waals surface area contributed by atoms with Gasteiger partial charge in [0.1, 0.15) is 5.82 Å². The van der Waals surface area contributed by atoms with Gasteiger partial charge in [-0.1, -0.05) is 12.1 Å². The molecule has 1 N–H and O–H groups in total. The lowest BCUT2D eigenvalue weighted by molar-refractivity contribution is -0.126. The van der Waals surface area contributed by atoms with Gasteiger partial charge in [0, 0.05) is 38.8 Å². The minimum absolute atomic E-state index is 0.0583. The van der Waals surface area contributed by atoms with Gasteiger partial charge in [-0.2, -0.15) is 4.31 Å². The van der Waals surface area contributed by atoms with Gasteiger partial charge < -0.3 is 10.2 Å². The lowest BCUT2D eigenvalue weighted by Gasteiger charge is -2.32. The van der Waals surface area contributed by atoms with E-state index in [1.54, 1.807) is 35.2 Å². The molecule has 0 spiro atoms. The molecule has 176 valence electrons. The van der Waals surface area contributed by atoms with Gasteiger partial charge in [-0.25, -0.2) is 12.8 Å². The molecule has 0 aliphatic carbocycles. The van der Waals surface area contributed by atoms with Gasteiger partial charge >= 0.3 is 0 Å². The quantitative estimate of drug-likeness (QED) is 0.724. The third-order valence-electron chi connectivity index (χ3n) is 6.32. The molecule has 2 aromatic carbocycles. The summed E-state index contributed by atoms with van der Waals surface area (Å²) in [6.45, 7) is 2.89. The van der Waals surface area contributed by atoms with Crippen molar-refractivity contribution in [3.8, 4) is 0 Å². The molecule has 0 saturated carbocycles. The van der Waals surface area contributed by atoms with E-state index in [-0.39, 0.29) is 35.6 Å². The third kappa shape index (κ3) is 5.09. The smallest absolute Gasteiger partial charge is 0.243 e. The van der Waals surface area contributed by atoms with E-state index < -0.39 is 15.9 Å². The number of sulfonamides is 1. The zero-order valence-corrected chi connectivity index (χ0v) is 19.4. The van der Waals surface area contributed by atoms with E-state index in [4.69, 9.17) is 0 Å². The normalized spacial score (nSPS) is 19.1. The zero-order valence-electron chi connectivity index (χ0n) is 18.6. The maximum atomic E-state index is 13.3. The minimum atomic E-state index is -3.76. The van der Waals surface area contributed by atoms with Crippen molar-refractivity contribution in [2.24, 2.45) is 5.92 Å². The summed E-state index contributed by atoms with van der Waals surface area (Å²) in [5.41, 5.74) is 2.39. The van der Waals surface area contributed by atoms with Crippen LogP contribution in [0.25, 0.3) is 0 Å². The van der Waals surface area contributed by atoms with Gasteiger partial charge in [-0.05, 0) is 67.1 Å². The van der Waals surface area contributed by atoms with Crippen molar-refractivity contribution in [3.63, 3.8) is 0 Å². The van der Waals surface area contributed by atoms with E-state index in [1.165, 1.54) is 23.4 Å². The van der Waals surface area contributed by atoms with E-state index in [2.05, 4.69) is 5.32 Å². The molecule has 0 aromatic heterocycles. The van der Waals surface area contributed by atoms with E-state index >= 15 is 0 Å². The van der Waals surface area contributed by atoms with Crippen molar-refractivity contribution >= 4 is 27.5 Å². The Hall–Kier alpha value is -2.78. The molecule has 33 heavy (non-hydrogen) atoms. The van der Waals surface area contributed by atoms with Crippen LogP contribution in [0.1, 0.15) is 37.3 Å². The Balaban J connectivity index is 1.45. The van der Waals surface area contributed by atoms with Gasteiger partial charge in [0.15, 0.2) is 0 Å². The van der Waals surface area contributed by atoms with Crippen LogP contribution in [-0.4, -0.2) is 44.2 Å². The minimum Gasteiger partial charge on any atom is -0.352 e. The Bertz CT molecular complexity index is 1150. The Morgan fingerprint density at radius 2 is 1.85 bits per heavy atom. The molecular weight excluding hydrogens is 445 g/mol. The summed E-state index contributed by atoms with van der Waals surface area (Å²) in [5, 5.41) is 2.84. The summed E-state index contributed by atoms with van der Waals surface area (Å²) in [5.74, 6) is -1.05. The lowest BCUT2D eigenvalue weighted by atomic mass is 9.99. The van der Waals surface area contributed by atoms with Crippen LogP contribution < -0.4 is 10.2 Å². The van der Waals surface area contributed by atoms with Crippen molar-refractivity contribution in [1.82, 2.24) is 9.62 Å². The van der Waals surface area contributed by atoms with E-state index in [0.29, 0.717) is 25.9 Å². The summed E-state index contributed by atoms with van der Waals surface area (Å²) >= 11 is 0. The first kappa shape index (κ1) is 23.4. The van der Waals surface area contributed by atoms with Crippen LogP contribution in [0, 0.1) is 11.7 Å². The number of hydrogen-bond acceptors (Lipinski definition) is 4. The van der Waals surface area contributed by atoms with Crippen LogP contribution >= 0.6 is 0 Å². The molecular formula is C24H28FN3O4S. The average molecular weight is 474 g/mol. The number of piperidine rings is 1. The topological polar surface area (TPSA) is 86.8 Å². The van der Waals surface area contributed by atoms with E-state index in [1.807, 2.05) is 0 Å². The number of rotatable bonds is 5. The van der Waals surface area contributed by atoms with Crippen LogP contribution in [-0.2, 0) is 32.6 Å². The molecule has 0 radical (unpaired) electrons. The number of halogens is 1. The number of nitrogens with one attached hydrogen (secondary N) is 1. The first-order chi connectivity index (χ1) is 15.8. The van der Waals surface area contributed by atoms with Crippen molar-refractivity contribution < 1.29 is 22.4 Å². The summed E-state index contributed by atoms with van der Waals surface area (Å²) in [6, 6.07) is 10.8. The molecule has 9 heteroatoms. The molecule has 2 aromatic rings. The van der Waals surface area contributed by atoms with Crippen LogP contribution in [0.2, 0.25) is 0 Å². The number of anilines is 1.